The van der Waals surface area contributed by atoms with E-state index in [1.165, 1.54) is 0 Å². The first-order valence-corrected chi connectivity index (χ1v) is 8.85. The van der Waals surface area contributed by atoms with Gasteiger partial charge in [0.05, 0.1) is 0 Å². The van der Waals surface area contributed by atoms with Crippen LogP contribution in [0.4, 0.5) is 0 Å². The van der Waals surface area contributed by atoms with Crippen LogP contribution in [0.2, 0.25) is 5.02 Å². The highest BCUT2D eigenvalue weighted by Crippen LogP contribution is 2.29. The van der Waals surface area contributed by atoms with Crippen LogP contribution >= 0.6 is 23.4 Å². The van der Waals surface area contributed by atoms with Gasteiger partial charge in [-0.05, 0) is 11.6 Å². The van der Waals surface area contributed by atoms with Crippen molar-refractivity contribution in [3.8, 4) is 0 Å². The van der Waals surface area contributed by atoms with Gasteiger partial charge in [-0.1, -0.05) is 43.6 Å². The predicted octanol–water partition coefficient (Wildman–Crippen LogP) is 2.83. The molecule has 21 heavy (non-hydrogen) atoms. The van der Waals surface area contributed by atoms with Gasteiger partial charge in [-0.15, -0.1) is 0 Å². The van der Waals surface area contributed by atoms with Crippen molar-refractivity contribution < 1.29 is 4.79 Å². The second-order valence-corrected chi connectivity index (χ2v) is 7.63. The van der Waals surface area contributed by atoms with E-state index >= 15 is 0 Å². The summed E-state index contributed by atoms with van der Waals surface area (Å²) >= 11 is 8.16. The number of hydrogen-bond acceptors (Lipinski definition) is 3. The predicted molar refractivity (Wildman–Crippen MR) is 91.2 cm³/mol. The van der Waals surface area contributed by atoms with E-state index in [1.54, 1.807) is 0 Å². The van der Waals surface area contributed by atoms with Crippen LogP contribution in [-0.4, -0.2) is 36.5 Å². The highest BCUT2D eigenvalue weighted by Gasteiger charge is 2.24. The molecule has 2 N–H and O–H groups in total. The van der Waals surface area contributed by atoms with Gasteiger partial charge in [0.2, 0.25) is 5.91 Å². The number of rotatable bonds is 5. The highest BCUT2D eigenvalue weighted by molar-refractivity contribution is 7.99. The molecule has 0 bridgehead atoms. The van der Waals surface area contributed by atoms with Crippen LogP contribution in [-0.2, 0) is 10.2 Å². The third-order valence-electron chi connectivity index (χ3n) is 3.76. The summed E-state index contributed by atoms with van der Waals surface area (Å²) in [5.74, 6) is 2.26. The Morgan fingerprint density at radius 2 is 2.24 bits per heavy atom. The maximum Gasteiger partial charge on any atom is 0.221 e. The first kappa shape index (κ1) is 16.7. The maximum atomic E-state index is 12.1. The van der Waals surface area contributed by atoms with Crippen molar-refractivity contribution in [3.63, 3.8) is 0 Å². The quantitative estimate of drug-likeness (QED) is 0.874. The number of nitrogens with one attached hydrogen (secondary N) is 2. The Balaban J connectivity index is 1.86. The number of halogens is 1. The van der Waals surface area contributed by atoms with Gasteiger partial charge in [0, 0.05) is 47.5 Å². The lowest BCUT2D eigenvalue weighted by molar-refractivity contribution is -0.121. The van der Waals surface area contributed by atoms with Crippen LogP contribution in [0.3, 0.4) is 0 Å². The first-order valence-electron chi connectivity index (χ1n) is 7.32. The summed E-state index contributed by atoms with van der Waals surface area (Å²) in [4.78, 5) is 12.1. The van der Waals surface area contributed by atoms with Crippen LogP contribution in [0.25, 0.3) is 0 Å². The molecule has 1 atom stereocenters. The zero-order valence-electron chi connectivity index (χ0n) is 12.6. The van der Waals surface area contributed by atoms with Gasteiger partial charge in [-0.3, -0.25) is 4.79 Å². The van der Waals surface area contributed by atoms with Gasteiger partial charge < -0.3 is 10.6 Å². The minimum Gasteiger partial charge on any atom is -0.355 e. The smallest absolute Gasteiger partial charge is 0.221 e. The third-order valence-corrected chi connectivity index (χ3v) is 5.22. The van der Waals surface area contributed by atoms with Gasteiger partial charge in [-0.25, -0.2) is 0 Å². The summed E-state index contributed by atoms with van der Waals surface area (Å²) in [6, 6.07) is 8.12. The summed E-state index contributed by atoms with van der Waals surface area (Å²) in [6.45, 7) is 5.79. The molecule has 1 amide bonds. The molecule has 2 rings (SSSR count). The summed E-state index contributed by atoms with van der Waals surface area (Å²) in [7, 11) is 0. The van der Waals surface area contributed by atoms with Crippen molar-refractivity contribution in [2.45, 2.75) is 31.7 Å². The van der Waals surface area contributed by atoms with E-state index in [-0.39, 0.29) is 11.3 Å². The summed E-state index contributed by atoms with van der Waals surface area (Å²) in [6.07, 6.45) is 0.547. The highest BCUT2D eigenvalue weighted by atomic mass is 35.5. The molecule has 3 nitrogen and oxygen atoms in total. The van der Waals surface area contributed by atoms with Gasteiger partial charge in [0.15, 0.2) is 0 Å². The Morgan fingerprint density at radius 3 is 2.90 bits per heavy atom. The largest absolute Gasteiger partial charge is 0.355 e. The second-order valence-electron chi connectivity index (χ2n) is 6.07. The molecule has 0 aliphatic carbocycles. The Labute approximate surface area is 136 Å². The lowest BCUT2D eigenvalue weighted by Crippen LogP contribution is -2.43. The summed E-state index contributed by atoms with van der Waals surface area (Å²) < 4.78 is 0. The first-order chi connectivity index (χ1) is 9.99. The second kappa shape index (κ2) is 7.52. The Hall–Kier alpha value is -0.710. The Morgan fingerprint density at radius 1 is 1.48 bits per heavy atom. The van der Waals surface area contributed by atoms with Crippen molar-refractivity contribution >= 4 is 29.3 Å². The fourth-order valence-electron chi connectivity index (χ4n) is 2.47. The zero-order valence-corrected chi connectivity index (χ0v) is 14.2. The van der Waals surface area contributed by atoms with Gasteiger partial charge in [-0.2, -0.15) is 11.8 Å². The number of carbonyl (C=O) groups excluding carboxylic acids is 1. The van der Waals surface area contributed by atoms with E-state index in [1.807, 2.05) is 36.0 Å². The van der Waals surface area contributed by atoms with Crippen LogP contribution in [0, 0.1) is 0 Å². The van der Waals surface area contributed by atoms with E-state index < -0.39 is 0 Å². The minimum absolute atomic E-state index is 0.107. The van der Waals surface area contributed by atoms with Crippen LogP contribution in [0.5, 0.6) is 0 Å². The van der Waals surface area contributed by atoms with Crippen molar-refractivity contribution in [2.24, 2.45) is 0 Å². The van der Waals surface area contributed by atoms with Crippen molar-refractivity contribution in [2.75, 3.05) is 24.6 Å². The van der Waals surface area contributed by atoms with Gasteiger partial charge in [0.1, 0.15) is 0 Å². The van der Waals surface area contributed by atoms with E-state index in [9.17, 15) is 4.79 Å². The Kier molecular flexibility index (Phi) is 5.97. The molecule has 1 aromatic carbocycles. The van der Waals surface area contributed by atoms with Crippen molar-refractivity contribution in [1.82, 2.24) is 10.6 Å². The molecule has 0 aromatic heterocycles. The normalized spacial score (nSPS) is 19.3. The number of thioether (sulfide) groups is 1. The van der Waals surface area contributed by atoms with E-state index in [0.717, 1.165) is 28.6 Å². The lowest BCUT2D eigenvalue weighted by Gasteiger charge is -2.28. The average molecular weight is 327 g/mol. The molecule has 1 aromatic rings. The van der Waals surface area contributed by atoms with Gasteiger partial charge >= 0.3 is 0 Å². The van der Waals surface area contributed by atoms with Gasteiger partial charge in [0.25, 0.3) is 0 Å². The summed E-state index contributed by atoms with van der Waals surface area (Å²) in [5.41, 5.74) is 0.890. The minimum atomic E-state index is -0.178. The van der Waals surface area contributed by atoms with Crippen LogP contribution in [0.15, 0.2) is 24.3 Å². The number of benzene rings is 1. The molecule has 1 aliphatic heterocycles. The van der Waals surface area contributed by atoms with E-state index in [0.29, 0.717) is 19.0 Å². The fourth-order valence-corrected chi connectivity index (χ4v) is 3.81. The van der Waals surface area contributed by atoms with E-state index in [4.69, 9.17) is 11.6 Å². The maximum absolute atomic E-state index is 12.1. The zero-order chi connectivity index (χ0) is 15.3. The number of hydrogen-bond donors (Lipinski definition) is 2. The summed E-state index contributed by atoms with van der Waals surface area (Å²) in [5, 5.41) is 7.19. The molecular weight excluding hydrogens is 304 g/mol. The van der Waals surface area contributed by atoms with Crippen LogP contribution in [0.1, 0.15) is 25.8 Å². The molecule has 1 unspecified atom stereocenters. The molecule has 1 heterocycles. The topological polar surface area (TPSA) is 41.1 Å². The fraction of sp³-hybridized carbons (Fsp3) is 0.562. The molecule has 1 aliphatic rings. The molecule has 1 fully saturated rings. The standard InChI is InChI=1S/C16H23ClN2OS/c1-16(2,13-5-3-4-6-14(13)17)11-19-15(20)9-12-10-21-8-7-18-12/h3-6,12,18H,7-11H2,1-2H3,(H,19,20). The molecule has 5 heteroatoms. The van der Waals surface area contributed by atoms with Crippen molar-refractivity contribution in [3.05, 3.63) is 34.9 Å². The van der Waals surface area contributed by atoms with E-state index in [2.05, 4.69) is 24.5 Å². The molecule has 0 radical (unpaired) electrons. The Bertz CT molecular complexity index is 487. The molecule has 0 saturated carbocycles. The third kappa shape index (κ3) is 4.90. The molecule has 0 spiro atoms. The van der Waals surface area contributed by atoms with Crippen LogP contribution < -0.4 is 10.6 Å². The monoisotopic (exact) mass is 326 g/mol. The average Bonchev–Trinajstić information content (AvgIpc) is 2.47. The lowest BCUT2D eigenvalue weighted by atomic mass is 9.84. The number of amides is 1. The molecular formula is C16H23ClN2OS. The van der Waals surface area contributed by atoms with Crippen molar-refractivity contribution in [1.29, 1.82) is 0 Å². The SMILES string of the molecule is CC(C)(CNC(=O)CC1CSCCN1)c1ccccc1Cl. The molecule has 116 valence electrons. The molecule has 1 saturated heterocycles. The number of carbonyl (C=O) groups is 1.